The van der Waals surface area contributed by atoms with Gasteiger partial charge in [0.25, 0.3) is 0 Å². The first-order chi connectivity index (χ1) is 10.2. The van der Waals surface area contributed by atoms with Crippen LogP contribution in [0, 0.1) is 11.8 Å². The van der Waals surface area contributed by atoms with Crippen LogP contribution in [0.25, 0.3) is 0 Å². The molecule has 2 N–H and O–H groups in total. The van der Waals surface area contributed by atoms with Crippen LogP contribution in [0.2, 0.25) is 0 Å². The lowest BCUT2D eigenvalue weighted by atomic mass is 9.75. The number of rotatable bonds is 4. The van der Waals surface area contributed by atoms with Gasteiger partial charge in [-0.2, -0.15) is 0 Å². The van der Waals surface area contributed by atoms with E-state index in [-0.39, 0.29) is 42.8 Å². The Morgan fingerprint density at radius 1 is 1.38 bits per heavy atom. The second kappa shape index (κ2) is 6.03. The van der Waals surface area contributed by atoms with E-state index in [0.717, 1.165) is 5.56 Å². The van der Waals surface area contributed by atoms with Gasteiger partial charge in [0.1, 0.15) is 6.10 Å². The number of hydrogen-bond acceptors (Lipinski definition) is 4. The molecule has 2 fully saturated rings. The van der Waals surface area contributed by atoms with Gasteiger partial charge in [-0.15, -0.1) is 0 Å². The van der Waals surface area contributed by atoms with E-state index >= 15 is 0 Å². The topological polar surface area (TPSA) is 67.8 Å². The molecule has 0 radical (unpaired) electrons. The first-order valence-electron chi connectivity index (χ1n) is 7.42. The third-order valence-corrected chi connectivity index (χ3v) is 4.61. The molecule has 1 heterocycles. The number of benzene rings is 1. The predicted molar refractivity (Wildman–Crippen MR) is 76.6 cm³/mol. The standard InChI is InChI=1S/C16H21NO4/c1-10-12(8-18)7-13-14(17-16(19)21-13)15(10)20-9-11-5-3-2-4-6-11/h2-6,10,12-15,18H,7-9H2,1H3,(H,17,19)/t10-,12-,13+,14+,15+/m1/s1. The van der Waals surface area contributed by atoms with Crippen molar-refractivity contribution in [2.24, 2.45) is 11.8 Å². The van der Waals surface area contributed by atoms with Gasteiger partial charge in [0.05, 0.1) is 18.8 Å². The largest absolute Gasteiger partial charge is 0.444 e. The highest BCUT2D eigenvalue weighted by atomic mass is 16.6. The maximum absolute atomic E-state index is 11.5. The Labute approximate surface area is 124 Å². The highest BCUT2D eigenvalue weighted by molar-refractivity contribution is 5.70. The van der Waals surface area contributed by atoms with E-state index in [2.05, 4.69) is 12.2 Å². The van der Waals surface area contributed by atoms with E-state index in [1.807, 2.05) is 30.3 Å². The number of alkyl carbamates (subject to hydrolysis) is 1. The third kappa shape index (κ3) is 2.89. The van der Waals surface area contributed by atoms with Gasteiger partial charge in [0.2, 0.25) is 0 Å². The number of ether oxygens (including phenoxy) is 2. The smallest absolute Gasteiger partial charge is 0.407 e. The molecule has 1 aliphatic carbocycles. The molecular weight excluding hydrogens is 270 g/mol. The molecule has 114 valence electrons. The van der Waals surface area contributed by atoms with E-state index in [1.54, 1.807) is 0 Å². The van der Waals surface area contributed by atoms with Crippen LogP contribution in [0.4, 0.5) is 4.79 Å². The number of carbonyl (C=O) groups excluding carboxylic acids is 1. The molecule has 0 spiro atoms. The van der Waals surface area contributed by atoms with Crippen LogP contribution in [0.3, 0.4) is 0 Å². The van der Waals surface area contributed by atoms with Crippen molar-refractivity contribution in [3.63, 3.8) is 0 Å². The minimum Gasteiger partial charge on any atom is -0.444 e. The molecule has 5 atom stereocenters. The Kier molecular flexibility index (Phi) is 4.12. The Morgan fingerprint density at radius 2 is 2.14 bits per heavy atom. The molecular formula is C16H21NO4. The van der Waals surface area contributed by atoms with Crippen molar-refractivity contribution in [2.75, 3.05) is 6.61 Å². The average molecular weight is 291 g/mol. The molecule has 0 bridgehead atoms. The molecule has 1 aromatic rings. The second-order valence-corrected chi connectivity index (χ2v) is 5.91. The van der Waals surface area contributed by atoms with Crippen LogP contribution in [-0.2, 0) is 16.1 Å². The predicted octanol–water partition coefficient (Wildman–Crippen LogP) is 1.70. The molecule has 5 nitrogen and oxygen atoms in total. The normalized spacial score (nSPS) is 35.0. The van der Waals surface area contributed by atoms with Gasteiger partial charge in [0.15, 0.2) is 0 Å². The van der Waals surface area contributed by atoms with Crippen LogP contribution in [0.5, 0.6) is 0 Å². The fraction of sp³-hybridized carbons (Fsp3) is 0.562. The summed E-state index contributed by atoms with van der Waals surface area (Å²) < 4.78 is 11.4. The van der Waals surface area contributed by atoms with Gasteiger partial charge in [-0.3, -0.25) is 0 Å². The lowest BCUT2D eigenvalue weighted by molar-refractivity contribution is -0.0855. The summed E-state index contributed by atoms with van der Waals surface area (Å²) in [7, 11) is 0. The van der Waals surface area contributed by atoms with Crippen molar-refractivity contribution in [1.82, 2.24) is 5.32 Å². The molecule has 1 aliphatic heterocycles. The number of fused-ring (bicyclic) bond motifs is 1. The minimum absolute atomic E-state index is 0.0904. The fourth-order valence-electron chi connectivity index (χ4n) is 3.33. The van der Waals surface area contributed by atoms with Gasteiger partial charge >= 0.3 is 6.09 Å². The number of carbonyl (C=O) groups is 1. The van der Waals surface area contributed by atoms with E-state index < -0.39 is 0 Å². The van der Waals surface area contributed by atoms with E-state index in [4.69, 9.17) is 9.47 Å². The summed E-state index contributed by atoms with van der Waals surface area (Å²) in [5.74, 6) is 0.265. The summed E-state index contributed by atoms with van der Waals surface area (Å²) in [5.41, 5.74) is 1.10. The minimum atomic E-state index is -0.385. The van der Waals surface area contributed by atoms with Gasteiger partial charge in [-0.05, 0) is 23.8 Å². The van der Waals surface area contributed by atoms with Crippen LogP contribution in [0.15, 0.2) is 30.3 Å². The molecule has 21 heavy (non-hydrogen) atoms. The van der Waals surface area contributed by atoms with Crippen molar-refractivity contribution >= 4 is 6.09 Å². The summed E-state index contributed by atoms with van der Waals surface area (Å²) in [4.78, 5) is 11.5. The highest BCUT2D eigenvalue weighted by Crippen LogP contribution is 2.36. The lowest BCUT2D eigenvalue weighted by Crippen LogP contribution is -2.54. The van der Waals surface area contributed by atoms with Gasteiger partial charge in [0, 0.05) is 6.61 Å². The number of aliphatic hydroxyl groups is 1. The average Bonchev–Trinajstić information content (AvgIpc) is 2.87. The van der Waals surface area contributed by atoms with Gasteiger partial charge in [-0.1, -0.05) is 37.3 Å². The van der Waals surface area contributed by atoms with Crippen molar-refractivity contribution in [3.05, 3.63) is 35.9 Å². The quantitative estimate of drug-likeness (QED) is 0.886. The van der Waals surface area contributed by atoms with Crippen LogP contribution in [0.1, 0.15) is 18.9 Å². The maximum Gasteiger partial charge on any atom is 0.407 e. The molecule has 0 unspecified atom stereocenters. The molecule has 3 rings (SSSR count). The lowest BCUT2D eigenvalue weighted by Gasteiger charge is -2.40. The van der Waals surface area contributed by atoms with Crippen molar-refractivity contribution in [3.8, 4) is 0 Å². The molecule has 1 aromatic carbocycles. The Morgan fingerprint density at radius 3 is 2.86 bits per heavy atom. The van der Waals surface area contributed by atoms with Crippen LogP contribution >= 0.6 is 0 Å². The van der Waals surface area contributed by atoms with E-state index in [9.17, 15) is 9.90 Å². The zero-order chi connectivity index (χ0) is 14.8. The number of aliphatic hydroxyl groups excluding tert-OH is 1. The molecule has 1 amide bonds. The SMILES string of the molecule is C[C@@H]1[C@@H](CO)C[C@@H]2OC(=O)N[C@@H]2[C@H]1OCc1ccccc1. The molecule has 2 aliphatic rings. The summed E-state index contributed by atoms with van der Waals surface area (Å²) in [6.07, 6.45) is -0.0463. The Balaban J connectivity index is 1.72. The molecule has 1 saturated carbocycles. The Bertz CT molecular complexity index is 492. The molecule has 5 heteroatoms. The summed E-state index contributed by atoms with van der Waals surface area (Å²) >= 11 is 0. The maximum atomic E-state index is 11.5. The molecule has 1 saturated heterocycles. The number of hydrogen-bond donors (Lipinski definition) is 2. The van der Waals surface area contributed by atoms with Crippen molar-refractivity contribution in [2.45, 2.75) is 38.2 Å². The molecule has 0 aromatic heterocycles. The zero-order valence-electron chi connectivity index (χ0n) is 12.1. The highest BCUT2D eigenvalue weighted by Gasteiger charge is 2.49. The summed E-state index contributed by atoms with van der Waals surface area (Å²) in [6, 6.07) is 9.82. The summed E-state index contributed by atoms with van der Waals surface area (Å²) in [5, 5.41) is 12.4. The van der Waals surface area contributed by atoms with Gasteiger partial charge < -0.3 is 19.9 Å². The zero-order valence-corrected chi connectivity index (χ0v) is 12.1. The Hall–Kier alpha value is -1.59. The number of amides is 1. The third-order valence-electron chi connectivity index (χ3n) is 4.61. The first kappa shape index (κ1) is 14.4. The van der Waals surface area contributed by atoms with E-state index in [1.165, 1.54) is 0 Å². The van der Waals surface area contributed by atoms with Crippen LogP contribution in [-0.4, -0.2) is 36.1 Å². The van der Waals surface area contributed by atoms with Gasteiger partial charge in [-0.25, -0.2) is 4.79 Å². The first-order valence-corrected chi connectivity index (χ1v) is 7.42. The number of nitrogens with one attached hydrogen (secondary N) is 1. The monoisotopic (exact) mass is 291 g/mol. The van der Waals surface area contributed by atoms with Crippen molar-refractivity contribution < 1.29 is 19.4 Å². The van der Waals surface area contributed by atoms with Crippen molar-refractivity contribution in [1.29, 1.82) is 0 Å². The van der Waals surface area contributed by atoms with E-state index in [0.29, 0.717) is 13.0 Å². The fourth-order valence-corrected chi connectivity index (χ4v) is 3.33. The van der Waals surface area contributed by atoms with Crippen LogP contribution < -0.4 is 5.32 Å². The second-order valence-electron chi connectivity index (χ2n) is 5.91. The summed E-state index contributed by atoms with van der Waals surface area (Å²) in [6.45, 7) is 2.65.